The second-order valence-corrected chi connectivity index (χ2v) is 10.0. The second-order valence-electron chi connectivity index (χ2n) is 10.0. The molecular formula is C27H40N6O5. The molecule has 3 amide bonds. The van der Waals surface area contributed by atoms with Crippen molar-refractivity contribution in [3.8, 4) is 0 Å². The van der Waals surface area contributed by atoms with Gasteiger partial charge in [0.05, 0.1) is 12.4 Å². The number of nitrogens with two attached hydrogens (primary N) is 1. The van der Waals surface area contributed by atoms with Crippen LogP contribution in [0, 0.1) is 11.8 Å². The van der Waals surface area contributed by atoms with Crippen LogP contribution in [0.4, 0.5) is 0 Å². The third-order valence-electron chi connectivity index (χ3n) is 6.41. The first-order valence-corrected chi connectivity index (χ1v) is 12.9. The Kier molecular flexibility index (Phi) is 11.9. The first-order chi connectivity index (χ1) is 18.0. The molecule has 0 radical (unpaired) electrons. The van der Waals surface area contributed by atoms with Crippen molar-refractivity contribution in [3.05, 3.63) is 54.1 Å². The van der Waals surface area contributed by atoms with Crippen molar-refractivity contribution in [2.75, 3.05) is 0 Å². The molecule has 1 aromatic heterocycles. The Morgan fingerprint density at radius 1 is 0.921 bits per heavy atom. The molecule has 0 saturated carbocycles. The van der Waals surface area contributed by atoms with E-state index in [1.54, 1.807) is 0 Å². The van der Waals surface area contributed by atoms with Crippen LogP contribution in [0.5, 0.6) is 0 Å². The van der Waals surface area contributed by atoms with Gasteiger partial charge in [0.25, 0.3) is 0 Å². The quantitative estimate of drug-likeness (QED) is 0.201. The van der Waals surface area contributed by atoms with Crippen LogP contribution < -0.4 is 21.7 Å². The first kappa shape index (κ1) is 30.5. The minimum atomic E-state index is -1.24. The molecular weight excluding hydrogens is 488 g/mol. The Bertz CT molecular complexity index is 1040. The summed E-state index contributed by atoms with van der Waals surface area (Å²) >= 11 is 0. The van der Waals surface area contributed by atoms with Crippen molar-refractivity contribution in [1.82, 2.24) is 25.9 Å². The maximum atomic E-state index is 13.4. The molecule has 0 aliphatic carbocycles. The number of rotatable bonds is 15. The molecule has 2 aromatic rings. The van der Waals surface area contributed by atoms with Crippen LogP contribution in [-0.4, -0.2) is 62.9 Å². The van der Waals surface area contributed by atoms with Crippen LogP contribution >= 0.6 is 0 Å². The third-order valence-corrected chi connectivity index (χ3v) is 6.41. The fourth-order valence-corrected chi connectivity index (χ4v) is 3.90. The van der Waals surface area contributed by atoms with Crippen molar-refractivity contribution >= 4 is 23.7 Å². The lowest BCUT2D eigenvalue weighted by atomic mass is 9.97. The third kappa shape index (κ3) is 9.62. The predicted molar refractivity (Wildman–Crippen MR) is 143 cm³/mol. The highest BCUT2D eigenvalue weighted by Gasteiger charge is 2.31. The number of carboxylic acids is 1. The summed E-state index contributed by atoms with van der Waals surface area (Å²) in [5, 5.41) is 17.7. The molecule has 0 saturated heterocycles. The van der Waals surface area contributed by atoms with E-state index in [0.717, 1.165) is 5.56 Å². The Balaban J connectivity index is 2.23. The average Bonchev–Trinajstić information content (AvgIpc) is 3.39. The fraction of sp³-hybridized carbons (Fsp3) is 0.519. The molecule has 2 rings (SSSR count). The number of H-pyrrole nitrogens is 1. The summed E-state index contributed by atoms with van der Waals surface area (Å²) in [6.07, 6.45) is 4.07. The van der Waals surface area contributed by atoms with Gasteiger partial charge in [-0.05, 0) is 23.8 Å². The topological polar surface area (TPSA) is 179 Å². The first-order valence-electron chi connectivity index (χ1n) is 12.9. The maximum absolute atomic E-state index is 13.4. The van der Waals surface area contributed by atoms with Crippen LogP contribution in [0.2, 0.25) is 0 Å². The van der Waals surface area contributed by atoms with E-state index in [9.17, 15) is 24.3 Å². The van der Waals surface area contributed by atoms with E-state index in [1.165, 1.54) is 12.5 Å². The highest BCUT2D eigenvalue weighted by molar-refractivity contribution is 5.94. The molecule has 5 unspecified atom stereocenters. The zero-order valence-electron chi connectivity index (χ0n) is 22.4. The van der Waals surface area contributed by atoms with Gasteiger partial charge in [-0.25, -0.2) is 9.78 Å². The molecule has 11 nitrogen and oxygen atoms in total. The van der Waals surface area contributed by atoms with Crippen LogP contribution in [0.25, 0.3) is 0 Å². The van der Waals surface area contributed by atoms with Crippen LogP contribution in [0.3, 0.4) is 0 Å². The molecule has 1 aromatic carbocycles. The van der Waals surface area contributed by atoms with Gasteiger partial charge in [-0.1, -0.05) is 64.4 Å². The Morgan fingerprint density at radius 2 is 1.53 bits per heavy atom. The number of aromatic nitrogens is 2. The van der Waals surface area contributed by atoms with Gasteiger partial charge < -0.3 is 31.8 Å². The van der Waals surface area contributed by atoms with E-state index in [2.05, 4.69) is 25.9 Å². The van der Waals surface area contributed by atoms with Gasteiger partial charge in [-0.15, -0.1) is 0 Å². The summed E-state index contributed by atoms with van der Waals surface area (Å²) in [4.78, 5) is 58.0. The second kappa shape index (κ2) is 14.9. The summed E-state index contributed by atoms with van der Waals surface area (Å²) in [7, 11) is 0. The number of aliphatic carboxylic acids is 1. The molecule has 0 fully saturated rings. The van der Waals surface area contributed by atoms with E-state index in [0.29, 0.717) is 18.5 Å². The molecule has 7 N–H and O–H groups in total. The number of nitrogens with zero attached hydrogens (tertiary/aromatic N) is 1. The van der Waals surface area contributed by atoms with Gasteiger partial charge in [-0.2, -0.15) is 0 Å². The number of hydrogen-bond acceptors (Lipinski definition) is 6. The lowest BCUT2D eigenvalue weighted by Crippen LogP contribution is -2.58. The summed E-state index contributed by atoms with van der Waals surface area (Å²) in [6.45, 7) is 7.63. The number of carboxylic acid groups (broad SMARTS) is 1. The number of hydrogen-bond donors (Lipinski definition) is 6. The normalized spacial score (nSPS) is 15.1. The predicted octanol–water partition coefficient (Wildman–Crippen LogP) is 1.15. The highest BCUT2D eigenvalue weighted by Crippen LogP contribution is 2.11. The summed E-state index contributed by atoms with van der Waals surface area (Å²) < 4.78 is 0. The standard InChI is InChI=1S/C27H40N6O5/c1-5-17(4)23(28)26(36)32-20(11-16(2)3)24(34)31-21(12-18-9-7-6-8-10-18)25(35)33-22(27(37)38)13-19-14-29-15-30-19/h6-10,14-17,20-23H,5,11-13,28H2,1-4H3,(H,29,30)(H,31,34)(H,32,36)(H,33,35)(H,37,38). The van der Waals surface area contributed by atoms with Gasteiger partial charge in [0.2, 0.25) is 17.7 Å². The monoisotopic (exact) mass is 528 g/mol. The van der Waals surface area contributed by atoms with Crippen molar-refractivity contribution in [2.45, 2.75) is 77.5 Å². The number of aromatic amines is 1. The summed E-state index contributed by atoms with van der Waals surface area (Å²) in [5.74, 6) is -2.85. The largest absolute Gasteiger partial charge is 0.480 e. The van der Waals surface area contributed by atoms with Crippen molar-refractivity contribution in [1.29, 1.82) is 0 Å². The van der Waals surface area contributed by atoms with E-state index < -0.39 is 47.9 Å². The van der Waals surface area contributed by atoms with Gasteiger partial charge in [0, 0.05) is 24.7 Å². The van der Waals surface area contributed by atoms with Crippen molar-refractivity contribution in [3.63, 3.8) is 0 Å². The van der Waals surface area contributed by atoms with Crippen LogP contribution in [-0.2, 0) is 32.0 Å². The minimum absolute atomic E-state index is 0.00733. The lowest BCUT2D eigenvalue weighted by molar-refractivity contribution is -0.142. The van der Waals surface area contributed by atoms with Gasteiger partial charge >= 0.3 is 5.97 Å². The molecule has 38 heavy (non-hydrogen) atoms. The minimum Gasteiger partial charge on any atom is -0.480 e. The van der Waals surface area contributed by atoms with E-state index in [4.69, 9.17) is 5.73 Å². The summed E-state index contributed by atoms with van der Waals surface area (Å²) in [6, 6.07) is 5.06. The maximum Gasteiger partial charge on any atom is 0.326 e. The van der Waals surface area contributed by atoms with Crippen LogP contribution in [0.1, 0.15) is 51.8 Å². The van der Waals surface area contributed by atoms with Crippen molar-refractivity contribution < 1.29 is 24.3 Å². The molecule has 1 heterocycles. The number of amides is 3. The molecule has 0 bridgehead atoms. The fourth-order valence-electron chi connectivity index (χ4n) is 3.90. The van der Waals surface area contributed by atoms with E-state index in [1.807, 2.05) is 58.0 Å². The molecule has 0 aliphatic heterocycles. The average molecular weight is 529 g/mol. The van der Waals surface area contributed by atoms with Gasteiger partial charge in [-0.3, -0.25) is 14.4 Å². The smallest absolute Gasteiger partial charge is 0.326 e. The van der Waals surface area contributed by atoms with Gasteiger partial charge in [0.15, 0.2) is 0 Å². The number of carbonyl (C=O) groups is 4. The Morgan fingerprint density at radius 3 is 2.08 bits per heavy atom. The Hall–Kier alpha value is -3.73. The molecule has 5 atom stereocenters. The SMILES string of the molecule is CCC(C)C(N)C(=O)NC(CC(C)C)C(=O)NC(Cc1ccccc1)C(=O)NC(Cc1cnc[nH]1)C(=O)O. The van der Waals surface area contributed by atoms with Gasteiger partial charge in [0.1, 0.15) is 18.1 Å². The summed E-state index contributed by atoms with van der Waals surface area (Å²) in [5.41, 5.74) is 7.39. The van der Waals surface area contributed by atoms with Crippen LogP contribution in [0.15, 0.2) is 42.9 Å². The lowest BCUT2D eigenvalue weighted by Gasteiger charge is -2.27. The molecule has 0 aliphatic rings. The molecule has 11 heteroatoms. The zero-order chi connectivity index (χ0) is 28.2. The molecule has 0 spiro atoms. The van der Waals surface area contributed by atoms with E-state index >= 15 is 0 Å². The molecule has 208 valence electrons. The highest BCUT2D eigenvalue weighted by atomic mass is 16.4. The number of imidazole rings is 1. The van der Waals surface area contributed by atoms with Crippen molar-refractivity contribution in [2.24, 2.45) is 17.6 Å². The Labute approximate surface area is 223 Å². The van der Waals surface area contributed by atoms with E-state index in [-0.39, 0.29) is 24.7 Å². The zero-order valence-corrected chi connectivity index (χ0v) is 22.4. The number of benzene rings is 1. The number of nitrogens with one attached hydrogen (secondary N) is 4. The number of carbonyl (C=O) groups excluding carboxylic acids is 3.